The lowest BCUT2D eigenvalue weighted by molar-refractivity contribution is -0.263. The number of carboxylic acid groups (broad SMARTS) is 2. The quantitative estimate of drug-likeness (QED) is 0.209. The Morgan fingerprint density at radius 2 is 2.00 bits per heavy atom. The number of hydrogen-bond donors (Lipinski definition) is 2. The number of aliphatic carboxylic acids is 2. The van der Waals surface area contributed by atoms with Crippen LogP contribution in [0.5, 0.6) is 0 Å². The third-order valence-corrected chi connectivity index (χ3v) is 1.20. The van der Waals surface area contributed by atoms with Crippen molar-refractivity contribution >= 4 is 11.9 Å². The highest BCUT2D eigenvalue weighted by Crippen LogP contribution is 2.00. The zero-order chi connectivity index (χ0) is 11.0. The topological polar surface area (TPSA) is 93.1 Å². The lowest BCUT2D eigenvalue weighted by Gasteiger charge is -2.03. The van der Waals surface area contributed by atoms with Crippen molar-refractivity contribution in [2.45, 2.75) is 19.8 Å². The Kier molecular flexibility index (Phi) is 6.13. The highest BCUT2D eigenvalue weighted by atomic mass is 17.2. The number of carboxylic acids is 2. The summed E-state index contributed by atoms with van der Waals surface area (Å²) in [6.07, 6.45) is 2.00. The van der Waals surface area contributed by atoms with Gasteiger partial charge in [-0.3, -0.25) is 0 Å². The molecule has 0 aliphatic carbocycles. The van der Waals surface area contributed by atoms with Crippen LogP contribution < -0.4 is 0 Å². The second-order valence-corrected chi connectivity index (χ2v) is 2.41. The molecule has 80 valence electrons. The summed E-state index contributed by atoms with van der Waals surface area (Å²) in [4.78, 5) is 29.3. The van der Waals surface area contributed by atoms with Crippen molar-refractivity contribution in [3.63, 3.8) is 0 Å². The molecular formula is C8H12O6. The van der Waals surface area contributed by atoms with Crippen LogP contribution in [0.2, 0.25) is 0 Å². The van der Waals surface area contributed by atoms with Crippen LogP contribution in [0, 0.1) is 0 Å². The Balaban J connectivity index is 3.99. The van der Waals surface area contributed by atoms with Crippen LogP contribution >= 0.6 is 0 Å². The van der Waals surface area contributed by atoms with Gasteiger partial charge in [0.1, 0.15) is 0 Å². The van der Waals surface area contributed by atoms with Crippen LogP contribution in [0.1, 0.15) is 19.8 Å². The maximum absolute atomic E-state index is 10.4. The zero-order valence-corrected chi connectivity index (χ0v) is 7.73. The van der Waals surface area contributed by atoms with Gasteiger partial charge in [-0.2, -0.15) is 4.89 Å². The monoisotopic (exact) mass is 204 g/mol. The van der Waals surface area contributed by atoms with E-state index in [1.54, 1.807) is 0 Å². The molecule has 0 atom stereocenters. The third-order valence-electron chi connectivity index (χ3n) is 1.20. The fraction of sp³-hybridized carbons (Fsp3) is 0.500. The van der Waals surface area contributed by atoms with Gasteiger partial charge in [-0.05, 0) is 6.42 Å². The number of unbranched alkanes of at least 4 members (excludes halogenated alkanes) is 1. The number of carbonyl (C=O) groups is 2. The third kappa shape index (κ3) is 6.01. The summed E-state index contributed by atoms with van der Waals surface area (Å²) in [6, 6.07) is 0. The van der Waals surface area contributed by atoms with Crippen molar-refractivity contribution in [2.75, 3.05) is 6.61 Å². The molecule has 0 spiro atoms. The Morgan fingerprint density at radius 3 is 2.43 bits per heavy atom. The fourth-order valence-corrected chi connectivity index (χ4v) is 0.542. The molecule has 0 radical (unpaired) electrons. The van der Waals surface area contributed by atoms with E-state index in [0.717, 1.165) is 6.42 Å². The summed E-state index contributed by atoms with van der Waals surface area (Å²) >= 11 is 0. The van der Waals surface area contributed by atoms with Gasteiger partial charge in [-0.25, -0.2) is 9.59 Å². The molecular weight excluding hydrogens is 192 g/mol. The molecule has 0 heterocycles. The molecule has 0 saturated carbocycles. The molecule has 0 unspecified atom stereocenters. The van der Waals surface area contributed by atoms with E-state index in [2.05, 4.69) is 9.78 Å². The lowest BCUT2D eigenvalue weighted by Crippen LogP contribution is -2.08. The van der Waals surface area contributed by atoms with Gasteiger partial charge in [-0.1, -0.05) is 13.3 Å². The van der Waals surface area contributed by atoms with Crippen LogP contribution in [0.15, 0.2) is 11.8 Å². The summed E-state index contributed by atoms with van der Waals surface area (Å²) in [5, 5.41) is 16.7. The molecule has 0 aromatic carbocycles. The molecule has 0 aromatic heterocycles. The van der Waals surface area contributed by atoms with Crippen molar-refractivity contribution in [2.24, 2.45) is 0 Å². The second-order valence-electron chi connectivity index (χ2n) is 2.41. The van der Waals surface area contributed by atoms with Crippen molar-refractivity contribution in [1.82, 2.24) is 0 Å². The standard InChI is InChI=1S/C8H12O6/c1-2-3-4-13-14-6(8(11)12)5-7(9)10/h5H,2-4H2,1H3,(H,9,10)(H,11,12)/b6-5-. The van der Waals surface area contributed by atoms with Gasteiger partial charge in [0.2, 0.25) is 0 Å². The van der Waals surface area contributed by atoms with E-state index in [1.807, 2.05) is 6.92 Å². The van der Waals surface area contributed by atoms with Crippen molar-refractivity contribution in [3.8, 4) is 0 Å². The zero-order valence-electron chi connectivity index (χ0n) is 7.73. The van der Waals surface area contributed by atoms with Gasteiger partial charge in [0.05, 0.1) is 12.7 Å². The molecule has 14 heavy (non-hydrogen) atoms. The van der Waals surface area contributed by atoms with Crippen LogP contribution in [0.3, 0.4) is 0 Å². The van der Waals surface area contributed by atoms with Gasteiger partial charge in [0, 0.05) is 0 Å². The lowest BCUT2D eigenvalue weighted by atomic mass is 10.4. The van der Waals surface area contributed by atoms with Gasteiger partial charge in [0.25, 0.3) is 5.76 Å². The maximum Gasteiger partial charge on any atom is 0.375 e. The SMILES string of the molecule is CCCCOO/C(=C\C(=O)O)C(=O)O. The van der Waals surface area contributed by atoms with Crippen LogP contribution in [-0.4, -0.2) is 28.8 Å². The minimum Gasteiger partial charge on any atom is -0.478 e. The Hall–Kier alpha value is -1.56. The summed E-state index contributed by atoms with van der Waals surface area (Å²) in [5.41, 5.74) is 0. The van der Waals surface area contributed by atoms with Gasteiger partial charge in [0.15, 0.2) is 0 Å². The predicted octanol–water partition coefficient (Wildman–Crippen LogP) is 0.788. The molecule has 0 bridgehead atoms. The molecule has 0 amide bonds. The van der Waals surface area contributed by atoms with Crippen LogP contribution in [-0.2, 0) is 19.4 Å². The van der Waals surface area contributed by atoms with Crippen molar-refractivity contribution < 1.29 is 29.6 Å². The molecule has 0 aromatic rings. The molecule has 0 aliphatic heterocycles. The van der Waals surface area contributed by atoms with Crippen LogP contribution in [0.4, 0.5) is 0 Å². The predicted molar refractivity (Wildman–Crippen MR) is 45.3 cm³/mol. The molecule has 6 heteroatoms. The molecule has 0 fully saturated rings. The Bertz CT molecular complexity index is 232. The highest BCUT2D eigenvalue weighted by molar-refractivity contribution is 5.92. The highest BCUT2D eigenvalue weighted by Gasteiger charge is 2.12. The van der Waals surface area contributed by atoms with E-state index in [0.29, 0.717) is 12.5 Å². The number of rotatable bonds is 7. The van der Waals surface area contributed by atoms with E-state index >= 15 is 0 Å². The average Bonchev–Trinajstić information content (AvgIpc) is 2.09. The Morgan fingerprint density at radius 1 is 1.36 bits per heavy atom. The average molecular weight is 204 g/mol. The fourth-order valence-electron chi connectivity index (χ4n) is 0.542. The summed E-state index contributed by atoms with van der Waals surface area (Å²) in [7, 11) is 0. The first-order valence-electron chi connectivity index (χ1n) is 4.05. The van der Waals surface area contributed by atoms with Crippen molar-refractivity contribution in [1.29, 1.82) is 0 Å². The molecule has 0 saturated heterocycles. The van der Waals surface area contributed by atoms with Gasteiger partial charge < -0.3 is 15.1 Å². The molecule has 0 aliphatic rings. The first-order chi connectivity index (χ1) is 6.57. The van der Waals surface area contributed by atoms with Gasteiger partial charge in [-0.15, -0.1) is 0 Å². The van der Waals surface area contributed by atoms with Gasteiger partial charge >= 0.3 is 11.9 Å². The minimum atomic E-state index is -1.48. The molecule has 2 N–H and O–H groups in total. The van der Waals surface area contributed by atoms with Crippen LogP contribution in [0.25, 0.3) is 0 Å². The minimum absolute atomic E-state index is 0.223. The summed E-state index contributed by atoms with van der Waals surface area (Å²) in [5.74, 6) is -3.63. The first kappa shape index (κ1) is 12.4. The largest absolute Gasteiger partial charge is 0.478 e. The van der Waals surface area contributed by atoms with Crippen molar-refractivity contribution in [3.05, 3.63) is 11.8 Å². The van der Waals surface area contributed by atoms with E-state index in [9.17, 15) is 9.59 Å². The Labute approximate surface area is 80.7 Å². The summed E-state index contributed by atoms with van der Waals surface area (Å²) < 4.78 is 0. The van der Waals surface area contributed by atoms with E-state index < -0.39 is 17.7 Å². The normalized spacial score (nSPS) is 11.1. The van der Waals surface area contributed by atoms with E-state index in [1.165, 1.54) is 0 Å². The molecule has 0 rings (SSSR count). The summed E-state index contributed by atoms with van der Waals surface area (Å²) in [6.45, 7) is 2.15. The maximum atomic E-state index is 10.4. The number of hydrogen-bond acceptors (Lipinski definition) is 4. The molecule has 6 nitrogen and oxygen atoms in total. The first-order valence-corrected chi connectivity index (χ1v) is 4.05. The van der Waals surface area contributed by atoms with E-state index in [4.69, 9.17) is 10.2 Å². The van der Waals surface area contributed by atoms with E-state index in [-0.39, 0.29) is 6.61 Å². The second kappa shape index (κ2) is 6.90. The smallest absolute Gasteiger partial charge is 0.375 e.